The summed E-state index contributed by atoms with van der Waals surface area (Å²) >= 11 is 6.20. The second kappa shape index (κ2) is 7.24. The van der Waals surface area contributed by atoms with Gasteiger partial charge in [0.1, 0.15) is 11.4 Å². The Morgan fingerprint density at radius 2 is 1.96 bits per heavy atom. The van der Waals surface area contributed by atoms with Crippen molar-refractivity contribution in [3.8, 4) is 5.75 Å². The lowest BCUT2D eigenvalue weighted by Gasteiger charge is -2.42. The van der Waals surface area contributed by atoms with Gasteiger partial charge in [0.05, 0.1) is 25.1 Å². The maximum atomic E-state index is 12.9. The van der Waals surface area contributed by atoms with E-state index in [1.54, 1.807) is 12.1 Å². The van der Waals surface area contributed by atoms with Crippen LogP contribution in [0.2, 0.25) is 5.02 Å². The van der Waals surface area contributed by atoms with Gasteiger partial charge in [0.25, 0.3) is 5.91 Å². The summed E-state index contributed by atoms with van der Waals surface area (Å²) in [4.78, 5) is 27.0. The molecule has 2 aromatic carbocycles. The first-order chi connectivity index (χ1) is 13.1. The molecule has 4 rings (SSSR count). The summed E-state index contributed by atoms with van der Waals surface area (Å²) in [6.07, 6.45) is 1.88. The van der Waals surface area contributed by atoms with E-state index in [0.29, 0.717) is 36.0 Å². The van der Waals surface area contributed by atoms with Crippen LogP contribution < -0.4 is 10.1 Å². The van der Waals surface area contributed by atoms with Crippen LogP contribution in [0.25, 0.3) is 0 Å². The molecule has 5 nitrogen and oxygen atoms in total. The molecule has 2 aromatic rings. The molecule has 2 aliphatic rings. The quantitative estimate of drug-likeness (QED) is 0.865. The predicted molar refractivity (Wildman–Crippen MR) is 103 cm³/mol. The Bertz CT molecular complexity index is 885. The predicted octanol–water partition coefficient (Wildman–Crippen LogP) is 3.07. The third-order valence-corrected chi connectivity index (χ3v) is 5.59. The molecule has 1 saturated heterocycles. The Morgan fingerprint density at radius 1 is 1.19 bits per heavy atom. The molecule has 2 heterocycles. The van der Waals surface area contributed by atoms with Gasteiger partial charge in [-0.3, -0.25) is 9.59 Å². The Morgan fingerprint density at radius 3 is 2.81 bits per heavy atom. The summed E-state index contributed by atoms with van der Waals surface area (Å²) < 4.78 is 6.31. The van der Waals surface area contributed by atoms with Crippen molar-refractivity contribution >= 4 is 23.4 Å². The smallest absolute Gasteiger partial charge is 0.255 e. The fraction of sp³-hybridized carbons (Fsp3) is 0.333. The molecule has 0 aromatic heterocycles. The lowest BCUT2D eigenvalue weighted by molar-refractivity contribution is -0.136. The van der Waals surface area contributed by atoms with Crippen molar-refractivity contribution in [1.82, 2.24) is 10.2 Å². The largest absolute Gasteiger partial charge is 0.483 e. The van der Waals surface area contributed by atoms with Gasteiger partial charge < -0.3 is 15.0 Å². The van der Waals surface area contributed by atoms with Gasteiger partial charge in [-0.05, 0) is 36.6 Å². The number of carbonyl (C=O) groups is 2. The van der Waals surface area contributed by atoms with Crippen molar-refractivity contribution in [3.63, 3.8) is 0 Å². The van der Waals surface area contributed by atoms with E-state index in [0.717, 1.165) is 18.4 Å². The number of nitrogens with one attached hydrogen (secondary N) is 1. The number of fused-ring (bicyclic) bond motifs is 1. The van der Waals surface area contributed by atoms with E-state index in [2.05, 4.69) is 5.32 Å². The number of likely N-dealkylation sites (tertiary alicyclic amines) is 1. The zero-order valence-corrected chi connectivity index (χ0v) is 15.7. The highest BCUT2D eigenvalue weighted by atomic mass is 35.5. The molecular formula is C21H21ClN2O3. The molecule has 0 aliphatic carbocycles. The van der Waals surface area contributed by atoms with E-state index >= 15 is 0 Å². The van der Waals surface area contributed by atoms with Crippen LogP contribution in [-0.4, -0.2) is 41.9 Å². The van der Waals surface area contributed by atoms with Crippen LogP contribution in [0.15, 0.2) is 48.5 Å². The number of carbonyl (C=O) groups excluding carboxylic acids is 2. The number of amides is 2. The number of piperidine rings is 1. The van der Waals surface area contributed by atoms with Crippen LogP contribution in [0.4, 0.5) is 0 Å². The standard InChI is InChI=1S/C21H21ClN2O3/c22-17-8-3-1-6-15(17)12-19(25)24-11-5-10-21(14-24)13-23-20(26)16-7-2-4-9-18(16)27-21/h1-4,6-9H,5,10-14H2,(H,23,26)/t21-/m0/s1. The van der Waals surface area contributed by atoms with Crippen LogP contribution >= 0.6 is 11.6 Å². The van der Waals surface area contributed by atoms with Crippen LogP contribution in [0, 0.1) is 0 Å². The number of ether oxygens (including phenoxy) is 1. The summed E-state index contributed by atoms with van der Waals surface area (Å²) in [6, 6.07) is 14.6. The Labute approximate surface area is 163 Å². The summed E-state index contributed by atoms with van der Waals surface area (Å²) in [5.41, 5.74) is 0.759. The topological polar surface area (TPSA) is 58.6 Å². The molecule has 1 fully saturated rings. The van der Waals surface area contributed by atoms with Crippen LogP contribution in [-0.2, 0) is 11.2 Å². The van der Waals surface area contributed by atoms with Gasteiger partial charge in [0.2, 0.25) is 5.91 Å². The molecule has 27 heavy (non-hydrogen) atoms. The first kappa shape index (κ1) is 17.9. The average molecular weight is 385 g/mol. The van der Waals surface area contributed by atoms with Crippen molar-refractivity contribution in [2.45, 2.75) is 24.9 Å². The number of nitrogens with zero attached hydrogens (tertiary/aromatic N) is 1. The first-order valence-electron chi connectivity index (χ1n) is 9.14. The van der Waals surface area contributed by atoms with Gasteiger partial charge >= 0.3 is 0 Å². The minimum absolute atomic E-state index is 0.0228. The van der Waals surface area contributed by atoms with E-state index in [1.165, 1.54) is 0 Å². The van der Waals surface area contributed by atoms with Crippen molar-refractivity contribution < 1.29 is 14.3 Å². The summed E-state index contributed by atoms with van der Waals surface area (Å²) in [6.45, 7) is 1.52. The van der Waals surface area contributed by atoms with E-state index in [9.17, 15) is 9.59 Å². The molecular weight excluding hydrogens is 364 g/mol. The highest BCUT2D eigenvalue weighted by Crippen LogP contribution is 2.32. The van der Waals surface area contributed by atoms with Gasteiger partial charge in [-0.2, -0.15) is 0 Å². The van der Waals surface area contributed by atoms with Gasteiger partial charge in [-0.25, -0.2) is 0 Å². The molecule has 1 spiro atoms. The average Bonchev–Trinajstić information content (AvgIpc) is 2.81. The number of halogens is 1. The summed E-state index contributed by atoms with van der Waals surface area (Å²) in [5.74, 6) is 0.463. The maximum absolute atomic E-state index is 12.9. The van der Waals surface area contributed by atoms with Crippen molar-refractivity contribution in [3.05, 3.63) is 64.7 Å². The van der Waals surface area contributed by atoms with Crippen molar-refractivity contribution in [2.24, 2.45) is 0 Å². The first-order valence-corrected chi connectivity index (χ1v) is 9.52. The highest BCUT2D eigenvalue weighted by Gasteiger charge is 2.42. The van der Waals surface area contributed by atoms with E-state index < -0.39 is 5.60 Å². The molecule has 0 radical (unpaired) electrons. The molecule has 0 saturated carbocycles. The highest BCUT2D eigenvalue weighted by molar-refractivity contribution is 6.31. The maximum Gasteiger partial charge on any atom is 0.255 e. The Balaban J connectivity index is 1.53. The van der Waals surface area contributed by atoms with Gasteiger partial charge in [0.15, 0.2) is 0 Å². The van der Waals surface area contributed by atoms with E-state index in [1.807, 2.05) is 41.3 Å². The fourth-order valence-electron chi connectivity index (χ4n) is 3.80. The SMILES string of the molecule is O=C1NC[C@]2(CCCN(C(=O)Cc3ccccc3Cl)C2)Oc2ccccc21. The lowest BCUT2D eigenvalue weighted by Crippen LogP contribution is -2.58. The molecule has 2 amide bonds. The Kier molecular flexibility index (Phi) is 4.79. The number of hydrogen-bond donors (Lipinski definition) is 1. The molecule has 140 valence electrons. The van der Waals surface area contributed by atoms with Crippen molar-refractivity contribution in [2.75, 3.05) is 19.6 Å². The van der Waals surface area contributed by atoms with Gasteiger partial charge in [-0.1, -0.05) is 41.9 Å². The minimum atomic E-state index is -0.601. The molecule has 1 N–H and O–H groups in total. The third kappa shape index (κ3) is 3.65. The van der Waals surface area contributed by atoms with Crippen molar-refractivity contribution in [1.29, 1.82) is 0 Å². The number of hydrogen-bond acceptors (Lipinski definition) is 3. The third-order valence-electron chi connectivity index (χ3n) is 5.22. The number of para-hydroxylation sites is 1. The van der Waals surface area contributed by atoms with E-state index in [4.69, 9.17) is 16.3 Å². The number of benzene rings is 2. The molecule has 1 atom stereocenters. The van der Waals surface area contributed by atoms with E-state index in [-0.39, 0.29) is 18.2 Å². The van der Waals surface area contributed by atoms with Crippen LogP contribution in [0.5, 0.6) is 5.75 Å². The zero-order valence-electron chi connectivity index (χ0n) is 14.9. The fourth-order valence-corrected chi connectivity index (χ4v) is 4.01. The van der Waals surface area contributed by atoms with Crippen LogP contribution in [0.3, 0.4) is 0 Å². The molecule has 2 aliphatic heterocycles. The lowest BCUT2D eigenvalue weighted by atomic mass is 9.92. The molecule has 0 bridgehead atoms. The molecule has 6 heteroatoms. The zero-order chi connectivity index (χ0) is 18.9. The summed E-state index contributed by atoms with van der Waals surface area (Å²) in [5, 5.41) is 3.56. The summed E-state index contributed by atoms with van der Waals surface area (Å²) in [7, 11) is 0. The monoisotopic (exact) mass is 384 g/mol. The Hall–Kier alpha value is -2.53. The molecule has 0 unspecified atom stereocenters. The normalized spacial score (nSPS) is 21.8. The number of rotatable bonds is 2. The second-order valence-corrected chi connectivity index (χ2v) is 7.56. The van der Waals surface area contributed by atoms with Crippen LogP contribution in [0.1, 0.15) is 28.8 Å². The minimum Gasteiger partial charge on any atom is -0.483 e. The van der Waals surface area contributed by atoms with Gasteiger partial charge in [-0.15, -0.1) is 0 Å². The van der Waals surface area contributed by atoms with Gasteiger partial charge in [0, 0.05) is 11.6 Å². The second-order valence-electron chi connectivity index (χ2n) is 7.15.